The molecule has 2 heterocycles. The highest BCUT2D eigenvalue weighted by atomic mass is 35.5. The molecule has 0 spiro atoms. The number of halogens is 1. The lowest BCUT2D eigenvalue weighted by atomic mass is 9.96. The SMILES string of the molecule is COc1cc2c3cc(ccc3n1)C(=O)c1ccc(Cl)c(c1)OCc1cccc-2c1. The van der Waals surface area contributed by atoms with Gasteiger partial charge in [0.25, 0.3) is 0 Å². The number of carbonyl (C=O) groups is 1. The summed E-state index contributed by atoms with van der Waals surface area (Å²) in [6.07, 6.45) is 0. The standard InChI is InChI=1S/C24H16ClNO3/c1-28-23-12-18-15-4-2-3-14(9-15)13-29-22-11-17(5-7-20(22)25)24(27)16-6-8-21(26-23)19(18)10-16/h2-12H,13H2,1H3. The Balaban J connectivity index is 1.83. The fourth-order valence-corrected chi connectivity index (χ4v) is 3.77. The number of nitrogens with zero attached hydrogens (tertiary/aromatic N) is 1. The lowest BCUT2D eigenvalue weighted by molar-refractivity contribution is 0.103. The fraction of sp³-hybridized carbons (Fsp3) is 0.0833. The number of hydrogen-bond acceptors (Lipinski definition) is 4. The van der Waals surface area contributed by atoms with Crippen molar-refractivity contribution in [2.24, 2.45) is 0 Å². The Bertz CT molecular complexity index is 1280. The van der Waals surface area contributed by atoms with Crippen LogP contribution in [0.15, 0.2) is 66.7 Å². The number of fused-ring (bicyclic) bond motifs is 6. The van der Waals surface area contributed by atoms with E-state index in [1.165, 1.54) is 0 Å². The maximum atomic E-state index is 13.1. The van der Waals surface area contributed by atoms with Gasteiger partial charge >= 0.3 is 0 Å². The summed E-state index contributed by atoms with van der Waals surface area (Å²) in [4.78, 5) is 17.7. The molecule has 0 saturated heterocycles. The molecule has 3 aromatic carbocycles. The Labute approximate surface area is 172 Å². The van der Waals surface area contributed by atoms with Crippen molar-refractivity contribution in [1.29, 1.82) is 0 Å². The van der Waals surface area contributed by atoms with Gasteiger partial charge in [0, 0.05) is 22.6 Å². The first-order valence-corrected chi connectivity index (χ1v) is 9.55. The molecule has 29 heavy (non-hydrogen) atoms. The summed E-state index contributed by atoms with van der Waals surface area (Å²) in [6, 6.07) is 20.6. The number of carbonyl (C=O) groups excluding carboxylic acids is 1. The van der Waals surface area contributed by atoms with E-state index < -0.39 is 0 Å². The molecule has 0 aliphatic carbocycles. The van der Waals surface area contributed by atoms with Crippen LogP contribution >= 0.6 is 11.6 Å². The summed E-state index contributed by atoms with van der Waals surface area (Å²) >= 11 is 6.29. The first kappa shape index (κ1) is 17.7. The molecule has 0 fully saturated rings. The van der Waals surface area contributed by atoms with Crippen molar-refractivity contribution in [2.45, 2.75) is 6.61 Å². The number of aromatic nitrogens is 1. The predicted molar refractivity (Wildman–Crippen MR) is 113 cm³/mol. The van der Waals surface area contributed by atoms with Crippen LogP contribution in [0.3, 0.4) is 0 Å². The molecule has 0 amide bonds. The summed E-state index contributed by atoms with van der Waals surface area (Å²) in [6.45, 7) is 0.341. The van der Waals surface area contributed by atoms with E-state index in [9.17, 15) is 4.79 Å². The zero-order valence-electron chi connectivity index (χ0n) is 15.6. The van der Waals surface area contributed by atoms with Gasteiger partial charge in [-0.05, 0) is 59.2 Å². The van der Waals surface area contributed by atoms with Crippen molar-refractivity contribution in [3.8, 4) is 22.8 Å². The Morgan fingerprint density at radius 1 is 0.966 bits per heavy atom. The van der Waals surface area contributed by atoms with Gasteiger partial charge in [0.1, 0.15) is 12.4 Å². The molecule has 1 aromatic heterocycles. The molecule has 1 aliphatic rings. The Morgan fingerprint density at radius 2 is 1.79 bits per heavy atom. The summed E-state index contributed by atoms with van der Waals surface area (Å²) in [7, 11) is 1.60. The van der Waals surface area contributed by atoms with Gasteiger partial charge < -0.3 is 9.47 Å². The average Bonchev–Trinajstić information content (AvgIpc) is 2.77. The van der Waals surface area contributed by atoms with Crippen molar-refractivity contribution in [3.05, 3.63) is 88.4 Å². The molecular formula is C24H16ClNO3. The molecule has 0 radical (unpaired) electrons. The zero-order chi connectivity index (χ0) is 20.0. The number of ketones is 1. The predicted octanol–water partition coefficient (Wildman–Crippen LogP) is 5.69. The molecule has 5 rings (SSSR count). The van der Waals surface area contributed by atoms with E-state index in [0.29, 0.717) is 34.4 Å². The van der Waals surface area contributed by atoms with E-state index in [2.05, 4.69) is 11.1 Å². The highest BCUT2D eigenvalue weighted by molar-refractivity contribution is 6.32. The lowest BCUT2D eigenvalue weighted by Gasteiger charge is -2.12. The highest BCUT2D eigenvalue weighted by Crippen LogP contribution is 2.34. The van der Waals surface area contributed by atoms with Gasteiger partial charge in [-0.25, -0.2) is 4.98 Å². The Kier molecular flexibility index (Phi) is 4.22. The molecule has 6 bridgehead atoms. The van der Waals surface area contributed by atoms with Crippen LogP contribution < -0.4 is 9.47 Å². The summed E-state index contributed by atoms with van der Waals surface area (Å²) in [5.41, 5.74) is 4.82. The number of hydrogen-bond donors (Lipinski definition) is 0. The quantitative estimate of drug-likeness (QED) is 0.411. The van der Waals surface area contributed by atoms with Gasteiger partial charge in [-0.2, -0.15) is 0 Å². The highest BCUT2D eigenvalue weighted by Gasteiger charge is 2.17. The van der Waals surface area contributed by atoms with E-state index in [4.69, 9.17) is 21.1 Å². The summed E-state index contributed by atoms with van der Waals surface area (Å²) in [5, 5.41) is 1.36. The van der Waals surface area contributed by atoms with Crippen molar-refractivity contribution in [1.82, 2.24) is 4.98 Å². The van der Waals surface area contributed by atoms with Crippen molar-refractivity contribution in [3.63, 3.8) is 0 Å². The minimum Gasteiger partial charge on any atom is -0.487 e. The van der Waals surface area contributed by atoms with Crippen LogP contribution in [0.1, 0.15) is 21.5 Å². The summed E-state index contributed by atoms with van der Waals surface area (Å²) in [5.74, 6) is 0.918. The molecule has 1 aliphatic heterocycles. The average molecular weight is 402 g/mol. The third kappa shape index (κ3) is 3.12. The topological polar surface area (TPSA) is 48.4 Å². The van der Waals surface area contributed by atoms with E-state index >= 15 is 0 Å². The van der Waals surface area contributed by atoms with Gasteiger partial charge in [-0.1, -0.05) is 29.8 Å². The molecule has 4 nitrogen and oxygen atoms in total. The molecule has 0 unspecified atom stereocenters. The molecule has 0 saturated carbocycles. The third-order valence-corrected chi connectivity index (χ3v) is 5.39. The fourth-order valence-electron chi connectivity index (χ4n) is 3.60. The molecular weight excluding hydrogens is 386 g/mol. The van der Waals surface area contributed by atoms with Crippen molar-refractivity contribution in [2.75, 3.05) is 7.11 Å². The molecule has 0 atom stereocenters. The second-order valence-corrected chi connectivity index (χ2v) is 7.31. The first-order chi connectivity index (χ1) is 14.1. The van der Waals surface area contributed by atoms with Gasteiger partial charge in [0.2, 0.25) is 5.88 Å². The maximum Gasteiger partial charge on any atom is 0.214 e. The van der Waals surface area contributed by atoms with Gasteiger partial charge in [0.15, 0.2) is 5.78 Å². The van der Waals surface area contributed by atoms with Crippen LogP contribution in [-0.2, 0) is 6.61 Å². The lowest BCUT2D eigenvalue weighted by Crippen LogP contribution is -2.03. The van der Waals surface area contributed by atoms with Crippen LogP contribution in [0.25, 0.3) is 22.0 Å². The first-order valence-electron chi connectivity index (χ1n) is 9.17. The minimum absolute atomic E-state index is 0.0962. The molecule has 5 heteroatoms. The van der Waals surface area contributed by atoms with Crippen LogP contribution in [0, 0.1) is 0 Å². The largest absolute Gasteiger partial charge is 0.487 e. The summed E-state index contributed by atoms with van der Waals surface area (Å²) < 4.78 is 11.3. The van der Waals surface area contributed by atoms with Crippen LogP contribution in [0.2, 0.25) is 5.02 Å². The maximum absolute atomic E-state index is 13.1. The second-order valence-electron chi connectivity index (χ2n) is 6.91. The molecule has 0 N–H and O–H groups in total. The van der Waals surface area contributed by atoms with Crippen LogP contribution in [0.4, 0.5) is 0 Å². The number of ether oxygens (including phenoxy) is 2. The number of methoxy groups -OCH3 is 1. The minimum atomic E-state index is -0.0962. The van der Waals surface area contributed by atoms with Gasteiger partial charge in [0.05, 0.1) is 17.6 Å². The second kappa shape index (κ2) is 6.90. The number of pyridine rings is 1. The van der Waals surface area contributed by atoms with E-state index in [0.717, 1.165) is 27.6 Å². The van der Waals surface area contributed by atoms with Gasteiger partial charge in [-0.3, -0.25) is 4.79 Å². The molecule has 142 valence electrons. The van der Waals surface area contributed by atoms with Crippen molar-refractivity contribution >= 4 is 28.3 Å². The molecule has 4 aromatic rings. The third-order valence-electron chi connectivity index (χ3n) is 5.08. The number of rotatable bonds is 1. The van der Waals surface area contributed by atoms with E-state index in [1.54, 1.807) is 31.4 Å². The normalized spacial score (nSPS) is 12.7. The van der Waals surface area contributed by atoms with Crippen LogP contribution in [0.5, 0.6) is 11.6 Å². The monoisotopic (exact) mass is 401 g/mol. The smallest absolute Gasteiger partial charge is 0.214 e. The Morgan fingerprint density at radius 3 is 2.66 bits per heavy atom. The van der Waals surface area contributed by atoms with E-state index in [1.807, 2.05) is 36.4 Å². The van der Waals surface area contributed by atoms with Crippen molar-refractivity contribution < 1.29 is 14.3 Å². The Hall–Kier alpha value is -3.37. The van der Waals surface area contributed by atoms with Crippen LogP contribution in [-0.4, -0.2) is 17.9 Å². The van der Waals surface area contributed by atoms with E-state index in [-0.39, 0.29) is 5.78 Å². The zero-order valence-corrected chi connectivity index (χ0v) is 16.4. The number of benzene rings is 3. The van der Waals surface area contributed by atoms with Gasteiger partial charge in [-0.15, -0.1) is 0 Å².